The van der Waals surface area contributed by atoms with E-state index < -0.39 is 12.0 Å². The van der Waals surface area contributed by atoms with Crippen LogP contribution >= 0.6 is 11.3 Å². The number of hydrogen-bond acceptors (Lipinski definition) is 7. The predicted octanol–water partition coefficient (Wildman–Crippen LogP) is 4.33. The Morgan fingerprint density at radius 2 is 1.87 bits per heavy atom. The number of fused-ring (bicyclic) bond motifs is 1. The van der Waals surface area contributed by atoms with Gasteiger partial charge in [-0.15, -0.1) is 6.42 Å². The molecule has 3 aromatic rings. The van der Waals surface area contributed by atoms with Crippen LogP contribution < -0.4 is 24.4 Å². The van der Waals surface area contributed by atoms with Crippen LogP contribution in [0.4, 0.5) is 0 Å². The molecule has 0 radical (unpaired) electrons. The van der Waals surface area contributed by atoms with Crippen molar-refractivity contribution in [1.29, 1.82) is 0 Å². The molecule has 0 saturated heterocycles. The lowest BCUT2D eigenvalue weighted by atomic mass is 9.93. The van der Waals surface area contributed by atoms with E-state index in [4.69, 9.17) is 20.6 Å². The number of benzene rings is 2. The van der Waals surface area contributed by atoms with Gasteiger partial charge >= 0.3 is 5.97 Å². The van der Waals surface area contributed by atoms with Gasteiger partial charge in [-0.25, -0.2) is 9.79 Å². The molecule has 4 rings (SSSR count). The number of rotatable bonds is 9. The lowest BCUT2D eigenvalue weighted by Crippen LogP contribution is -2.39. The van der Waals surface area contributed by atoms with Gasteiger partial charge in [0, 0.05) is 0 Å². The monoisotopic (exact) mass is 544 g/mol. The van der Waals surface area contributed by atoms with Gasteiger partial charge in [0.05, 0.1) is 35.1 Å². The zero-order valence-electron chi connectivity index (χ0n) is 22.8. The summed E-state index contributed by atoms with van der Waals surface area (Å²) in [5.41, 5.74) is 3.41. The second-order valence-electron chi connectivity index (χ2n) is 9.26. The van der Waals surface area contributed by atoms with Crippen LogP contribution in [0.5, 0.6) is 11.5 Å². The Hall–Kier alpha value is -4.09. The summed E-state index contributed by atoms with van der Waals surface area (Å²) in [6, 6.07) is 12.8. The van der Waals surface area contributed by atoms with Crippen molar-refractivity contribution < 1.29 is 19.0 Å². The summed E-state index contributed by atoms with van der Waals surface area (Å²) >= 11 is 1.27. The molecule has 202 valence electrons. The standard InChI is InChI=1S/C31H32N2O5S/c1-7-16-38-24-15-10-21(17-25(24)36-8-2)18-26-29(34)33-28(23-13-11-22(12-14-23)19(4)5)27(30(35)37-9-3)20(6)32-31(33)39-26/h1,10-15,17-19,28H,8-9,16H2,2-6H3/b26-18+. The minimum atomic E-state index is -0.651. The Morgan fingerprint density at radius 3 is 2.51 bits per heavy atom. The maximum absolute atomic E-state index is 13.9. The zero-order chi connectivity index (χ0) is 28.1. The van der Waals surface area contributed by atoms with Gasteiger partial charge in [0.15, 0.2) is 16.3 Å². The van der Waals surface area contributed by atoms with Crippen LogP contribution in [0.15, 0.2) is 63.5 Å². The Bertz CT molecular complexity index is 1620. The molecule has 39 heavy (non-hydrogen) atoms. The Kier molecular flexibility index (Phi) is 8.72. The largest absolute Gasteiger partial charge is 0.490 e. The van der Waals surface area contributed by atoms with Crippen molar-refractivity contribution in [3.63, 3.8) is 0 Å². The summed E-state index contributed by atoms with van der Waals surface area (Å²) < 4.78 is 18.8. The summed E-state index contributed by atoms with van der Waals surface area (Å²) in [6.07, 6.45) is 7.12. The number of hydrogen-bond donors (Lipinski definition) is 0. The number of ether oxygens (including phenoxy) is 3. The van der Waals surface area contributed by atoms with Gasteiger partial charge in [-0.2, -0.15) is 0 Å². The van der Waals surface area contributed by atoms with E-state index in [2.05, 4.69) is 24.8 Å². The molecule has 2 aromatic carbocycles. The van der Waals surface area contributed by atoms with Gasteiger partial charge in [-0.05, 0) is 61.6 Å². The number of thiazole rings is 1. The molecule has 7 nitrogen and oxygen atoms in total. The average Bonchev–Trinajstić information content (AvgIpc) is 3.21. The summed E-state index contributed by atoms with van der Waals surface area (Å²) in [7, 11) is 0. The fourth-order valence-corrected chi connectivity index (χ4v) is 5.49. The van der Waals surface area contributed by atoms with Crippen LogP contribution in [-0.2, 0) is 9.53 Å². The molecule has 1 atom stereocenters. The summed E-state index contributed by atoms with van der Waals surface area (Å²) in [6.45, 7) is 10.5. The Balaban J connectivity index is 1.87. The second kappa shape index (κ2) is 12.2. The molecular weight excluding hydrogens is 512 g/mol. The minimum Gasteiger partial charge on any atom is -0.490 e. The van der Waals surface area contributed by atoms with Crippen LogP contribution in [0.3, 0.4) is 0 Å². The first kappa shape index (κ1) is 27.9. The van der Waals surface area contributed by atoms with Gasteiger partial charge < -0.3 is 14.2 Å². The van der Waals surface area contributed by atoms with Crippen molar-refractivity contribution in [2.75, 3.05) is 19.8 Å². The van der Waals surface area contributed by atoms with Crippen LogP contribution in [0, 0.1) is 12.3 Å². The first-order valence-electron chi connectivity index (χ1n) is 12.9. The number of aromatic nitrogens is 1. The normalized spacial score (nSPS) is 15.0. The van der Waals surface area contributed by atoms with E-state index in [1.54, 1.807) is 30.6 Å². The third-order valence-corrected chi connectivity index (χ3v) is 7.30. The summed E-state index contributed by atoms with van der Waals surface area (Å²) in [5.74, 6) is 3.40. The number of esters is 1. The highest BCUT2D eigenvalue weighted by molar-refractivity contribution is 7.07. The third-order valence-electron chi connectivity index (χ3n) is 6.31. The van der Waals surface area contributed by atoms with Gasteiger partial charge in [0.1, 0.15) is 6.61 Å². The smallest absolute Gasteiger partial charge is 0.338 e. The lowest BCUT2D eigenvalue weighted by molar-refractivity contribution is -0.139. The fourth-order valence-electron chi connectivity index (χ4n) is 4.44. The second-order valence-corrected chi connectivity index (χ2v) is 10.3. The van der Waals surface area contributed by atoms with Gasteiger partial charge in [-0.3, -0.25) is 9.36 Å². The highest BCUT2D eigenvalue weighted by atomic mass is 32.1. The topological polar surface area (TPSA) is 79.1 Å². The van der Waals surface area contributed by atoms with Crippen molar-refractivity contribution in [2.24, 2.45) is 4.99 Å². The summed E-state index contributed by atoms with van der Waals surface area (Å²) in [4.78, 5) is 32.1. The molecule has 0 aliphatic carbocycles. The minimum absolute atomic E-state index is 0.123. The number of allylic oxidation sites excluding steroid dienone is 1. The Labute approximate surface area is 232 Å². The first-order valence-corrected chi connectivity index (χ1v) is 13.7. The quantitative estimate of drug-likeness (QED) is 0.296. The number of terminal acetylenes is 1. The SMILES string of the molecule is C#CCOc1ccc(/C=c2/sc3n(c2=O)C(c2ccc(C(C)C)cc2)C(C(=O)OCC)=C(C)N=3)cc1OCC. The van der Waals surface area contributed by atoms with Crippen molar-refractivity contribution in [3.05, 3.63) is 90.1 Å². The molecule has 0 N–H and O–H groups in total. The number of carbonyl (C=O) groups excluding carboxylic acids is 1. The molecule has 1 aliphatic rings. The van der Waals surface area contributed by atoms with Crippen molar-refractivity contribution in [3.8, 4) is 23.8 Å². The molecule has 0 spiro atoms. The highest BCUT2D eigenvalue weighted by Gasteiger charge is 2.33. The molecule has 2 heterocycles. The summed E-state index contributed by atoms with van der Waals surface area (Å²) in [5, 5.41) is 0. The molecule has 0 saturated carbocycles. The van der Waals surface area contributed by atoms with E-state index in [0.717, 1.165) is 11.1 Å². The zero-order valence-corrected chi connectivity index (χ0v) is 23.6. The molecule has 8 heteroatoms. The number of nitrogens with zero attached hydrogens (tertiary/aromatic N) is 2. The van der Waals surface area contributed by atoms with Crippen LogP contribution in [0.25, 0.3) is 6.08 Å². The highest BCUT2D eigenvalue weighted by Crippen LogP contribution is 2.32. The average molecular weight is 545 g/mol. The molecule has 0 bridgehead atoms. The van der Waals surface area contributed by atoms with E-state index in [0.29, 0.717) is 44.6 Å². The van der Waals surface area contributed by atoms with Crippen LogP contribution in [-0.4, -0.2) is 30.4 Å². The van der Waals surface area contributed by atoms with Gasteiger partial charge in [0.25, 0.3) is 5.56 Å². The maximum Gasteiger partial charge on any atom is 0.338 e. The van der Waals surface area contributed by atoms with E-state index in [1.165, 1.54) is 16.9 Å². The van der Waals surface area contributed by atoms with Crippen LogP contribution in [0.1, 0.15) is 63.3 Å². The van der Waals surface area contributed by atoms with Gasteiger partial charge in [0.2, 0.25) is 0 Å². The first-order chi connectivity index (χ1) is 18.8. The van der Waals surface area contributed by atoms with E-state index >= 15 is 0 Å². The van der Waals surface area contributed by atoms with Gasteiger partial charge in [-0.1, -0.05) is 61.4 Å². The van der Waals surface area contributed by atoms with Crippen molar-refractivity contribution in [1.82, 2.24) is 4.57 Å². The molecular formula is C31H32N2O5S. The molecule has 1 aliphatic heterocycles. The van der Waals surface area contributed by atoms with Crippen LogP contribution in [0.2, 0.25) is 0 Å². The number of carbonyl (C=O) groups is 1. The van der Waals surface area contributed by atoms with Crippen molar-refractivity contribution >= 4 is 23.4 Å². The fraction of sp³-hybridized carbons (Fsp3) is 0.323. The lowest BCUT2D eigenvalue weighted by Gasteiger charge is -2.25. The Morgan fingerprint density at radius 1 is 1.13 bits per heavy atom. The maximum atomic E-state index is 13.9. The predicted molar refractivity (Wildman–Crippen MR) is 153 cm³/mol. The van der Waals surface area contributed by atoms with E-state index in [-0.39, 0.29) is 18.8 Å². The van der Waals surface area contributed by atoms with E-state index in [9.17, 15) is 9.59 Å². The van der Waals surface area contributed by atoms with Crippen molar-refractivity contribution in [2.45, 2.75) is 46.6 Å². The van der Waals surface area contributed by atoms with E-state index in [1.807, 2.05) is 43.3 Å². The molecule has 1 unspecified atom stereocenters. The molecule has 1 aromatic heterocycles. The third kappa shape index (κ3) is 5.84. The molecule has 0 fully saturated rings. The molecule has 0 amide bonds.